The largest absolute Gasteiger partial charge is 0.369 e. The maximum Gasteiger partial charge on any atom is 0.290 e. The summed E-state index contributed by atoms with van der Waals surface area (Å²) in [6.07, 6.45) is -0.0566. The summed E-state index contributed by atoms with van der Waals surface area (Å²) in [4.78, 5) is 79.9. The fourth-order valence-corrected chi connectivity index (χ4v) is 5.94. The van der Waals surface area contributed by atoms with E-state index in [9.17, 15) is 28.8 Å². The van der Waals surface area contributed by atoms with Gasteiger partial charge in [0.25, 0.3) is 5.91 Å². The predicted octanol–water partition coefficient (Wildman–Crippen LogP) is 4.91. The summed E-state index contributed by atoms with van der Waals surface area (Å²) >= 11 is 0. The number of carbonyl (C=O) groups is 6. The Morgan fingerprint density at radius 2 is 1.08 bits per heavy atom. The van der Waals surface area contributed by atoms with E-state index < -0.39 is 58.6 Å². The van der Waals surface area contributed by atoms with E-state index in [2.05, 4.69) is 10.6 Å². The summed E-state index contributed by atoms with van der Waals surface area (Å²) in [5.41, 5.74) is 7.48. The molecule has 4 aromatic rings. The van der Waals surface area contributed by atoms with Gasteiger partial charge in [0.2, 0.25) is 17.6 Å². The molecule has 0 aromatic heterocycles. The number of nitrogens with one attached hydrogen (secondary N) is 2. The van der Waals surface area contributed by atoms with Crippen molar-refractivity contribution in [1.82, 2.24) is 10.6 Å². The van der Waals surface area contributed by atoms with Crippen LogP contribution in [0.15, 0.2) is 121 Å². The van der Waals surface area contributed by atoms with Crippen LogP contribution in [-0.2, 0) is 41.6 Å². The molecular weight excluding hydrogens is 642 g/mol. The molecule has 4 N–H and O–H groups in total. The Labute approximate surface area is 299 Å². The molecule has 264 valence electrons. The summed E-state index contributed by atoms with van der Waals surface area (Å²) in [5, 5.41) is 5.20. The van der Waals surface area contributed by atoms with Gasteiger partial charge in [0.1, 0.15) is 5.78 Å². The van der Waals surface area contributed by atoms with Crippen LogP contribution < -0.4 is 16.4 Å². The van der Waals surface area contributed by atoms with Crippen molar-refractivity contribution in [2.45, 2.75) is 64.5 Å². The fourth-order valence-electron chi connectivity index (χ4n) is 5.94. The van der Waals surface area contributed by atoms with E-state index in [1.54, 1.807) is 24.3 Å². The van der Waals surface area contributed by atoms with Crippen LogP contribution in [0, 0.1) is 11.3 Å². The van der Waals surface area contributed by atoms with Gasteiger partial charge in [0.15, 0.2) is 5.78 Å². The molecule has 0 bridgehead atoms. The molecule has 0 saturated carbocycles. The lowest BCUT2D eigenvalue weighted by Gasteiger charge is -2.25. The predicted molar refractivity (Wildman–Crippen MR) is 195 cm³/mol. The lowest BCUT2D eigenvalue weighted by Crippen LogP contribution is -2.52. The molecule has 0 saturated heterocycles. The number of hydrogen-bond acceptors (Lipinski definition) is 6. The van der Waals surface area contributed by atoms with Gasteiger partial charge in [-0.2, -0.15) is 0 Å². The number of ketones is 3. The van der Waals surface area contributed by atoms with Gasteiger partial charge in [0, 0.05) is 18.8 Å². The van der Waals surface area contributed by atoms with Crippen molar-refractivity contribution in [3.05, 3.63) is 144 Å². The average molecular weight is 688 g/mol. The molecule has 51 heavy (non-hydrogen) atoms. The van der Waals surface area contributed by atoms with Crippen LogP contribution >= 0.6 is 0 Å². The third-order valence-corrected chi connectivity index (χ3v) is 8.97. The molecule has 0 heterocycles. The smallest absolute Gasteiger partial charge is 0.290 e. The van der Waals surface area contributed by atoms with E-state index >= 15 is 0 Å². The van der Waals surface area contributed by atoms with E-state index in [1.807, 2.05) is 97.1 Å². The number of amides is 3. The molecule has 0 aliphatic rings. The second-order valence-corrected chi connectivity index (χ2v) is 13.5. The third-order valence-electron chi connectivity index (χ3n) is 8.97. The summed E-state index contributed by atoms with van der Waals surface area (Å²) in [5.74, 6) is -5.33. The van der Waals surface area contributed by atoms with Crippen molar-refractivity contribution in [3.8, 4) is 0 Å². The van der Waals surface area contributed by atoms with Crippen molar-refractivity contribution in [1.29, 1.82) is 0 Å². The van der Waals surface area contributed by atoms with Gasteiger partial charge in [0.05, 0.1) is 23.4 Å². The summed E-state index contributed by atoms with van der Waals surface area (Å²) < 4.78 is 0. The first-order chi connectivity index (χ1) is 24.4. The third kappa shape index (κ3) is 10.9. The van der Waals surface area contributed by atoms with Crippen molar-refractivity contribution in [2.75, 3.05) is 0 Å². The molecule has 0 fully saturated rings. The summed E-state index contributed by atoms with van der Waals surface area (Å²) in [6.45, 7) is 4.47. The van der Waals surface area contributed by atoms with E-state index in [0.29, 0.717) is 0 Å². The highest BCUT2D eigenvalue weighted by molar-refractivity contribution is 6.38. The van der Waals surface area contributed by atoms with Gasteiger partial charge < -0.3 is 16.4 Å². The first-order valence-electron chi connectivity index (χ1n) is 17.0. The first-order valence-corrected chi connectivity index (χ1v) is 17.0. The molecule has 9 nitrogen and oxygen atoms in total. The minimum absolute atomic E-state index is 0.0829. The van der Waals surface area contributed by atoms with Crippen LogP contribution in [0.4, 0.5) is 0 Å². The van der Waals surface area contributed by atoms with E-state index in [4.69, 9.17) is 5.73 Å². The Balaban J connectivity index is 1.52. The van der Waals surface area contributed by atoms with Gasteiger partial charge in [-0.3, -0.25) is 28.8 Å². The SMILES string of the molecule is CC(NC(=O)C(CC(=O)C(c1ccccc1)c1ccccc1)Cc1ccccc1)C(=O)C(=O)NC(Cc1ccccc1)C(=O)CC(C)(C)C(N)=O. The number of benzene rings is 4. The van der Waals surface area contributed by atoms with Crippen LogP contribution in [0.1, 0.15) is 61.8 Å². The molecule has 0 spiro atoms. The number of carbonyl (C=O) groups excluding carboxylic acids is 6. The molecule has 3 atom stereocenters. The quantitative estimate of drug-likeness (QED) is 0.127. The van der Waals surface area contributed by atoms with Gasteiger partial charge in [-0.1, -0.05) is 135 Å². The van der Waals surface area contributed by atoms with E-state index in [1.165, 1.54) is 20.8 Å². The minimum Gasteiger partial charge on any atom is -0.369 e. The molecule has 3 amide bonds. The van der Waals surface area contributed by atoms with Gasteiger partial charge in [-0.15, -0.1) is 0 Å². The maximum atomic E-state index is 14.1. The highest BCUT2D eigenvalue weighted by Crippen LogP contribution is 2.29. The van der Waals surface area contributed by atoms with Gasteiger partial charge in [-0.05, 0) is 42.0 Å². The van der Waals surface area contributed by atoms with Gasteiger partial charge in [-0.25, -0.2) is 0 Å². The molecule has 3 unspecified atom stereocenters. The normalized spacial score (nSPS) is 13.0. The van der Waals surface area contributed by atoms with Gasteiger partial charge >= 0.3 is 0 Å². The molecule has 0 aliphatic heterocycles. The molecule has 0 radical (unpaired) electrons. The maximum absolute atomic E-state index is 14.1. The van der Waals surface area contributed by atoms with Crippen LogP contribution in [0.25, 0.3) is 0 Å². The molecule has 4 aromatic carbocycles. The Hall–Kier alpha value is -5.70. The van der Waals surface area contributed by atoms with Crippen LogP contribution in [-0.4, -0.2) is 47.2 Å². The standard InChI is InChI=1S/C42H45N3O6/c1-28(38(48)40(50)45-34(25-30-18-10-5-11-19-30)36(47)27-42(2,3)41(43)51)44-39(49)33(24-29-16-8-4-9-17-29)26-35(46)37(31-20-12-6-13-21-31)32-22-14-7-15-23-32/h4-23,28,33-34,37H,24-27H2,1-3H3,(H2,43,51)(H,44,49)(H,45,50). The zero-order valence-electron chi connectivity index (χ0n) is 29.2. The Morgan fingerprint density at radius 3 is 1.55 bits per heavy atom. The fraction of sp³-hybridized carbons (Fsp3) is 0.286. The van der Waals surface area contributed by atoms with Crippen LogP contribution in [0.5, 0.6) is 0 Å². The number of Topliss-reactive ketones (excluding diaryl/α,β-unsaturated/α-hetero) is 3. The lowest BCUT2D eigenvalue weighted by molar-refractivity contribution is -0.142. The molecule has 9 heteroatoms. The van der Waals surface area contributed by atoms with Crippen LogP contribution in [0.3, 0.4) is 0 Å². The van der Waals surface area contributed by atoms with Crippen molar-refractivity contribution in [2.24, 2.45) is 17.1 Å². The number of hydrogen-bond donors (Lipinski definition) is 3. The zero-order chi connectivity index (χ0) is 37.0. The highest BCUT2D eigenvalue weighted by atomic mass is 16.2. The second-order valence-electron chi connectivity index (χ2n) is 13.5. The summed E-state index contributed by atoms with van der Waals surface area (Å²) in [7, 11) is 0. The molecule has 4 rings (SSSR count). The topological polar surface area (TPSA) is 152 Å². The van der Waals surface area contributed by atoms with E-state index in [-0.39, 0.29) is 31.5 Å². The Kier molecular flexibility index (Phi) is 13.3. The molecule has 0 aliphatic carbocycles. The summed E-state index contributed by atoms with van der Waals surface area (Å²) in [6, 6.07) is 34.5. The second kappa shape index (κ2) is 17.8. The van der Waals surface area contributed by atoms with Crippen molar-refractivity contribution in [3.63, 3.8) is 0 Å². The molecular formula is C42H45N3O6. The van der Waals surface area contributed by atoms with Crippen LogP contribution in [0.2, 0.25) is 0 Å². The number of primary amides is 1. The zero-order valence-corrected chi connectivity index (χ0v) is 29.2. The highest BCUT2D eigenvalue weighted by Gasteiger charge is 2.35. The lowest BCUT2D eigenvalue weighted by atomic mass is 9.82. The number of rotatable bonds is 18. The van der Waals surface area contributed by atoms with Crippen molar-refractivity contribution < 1.29 is 28.8 Å². The minimum atomic E-state index is -1.26. The average Bonchev–Trinajstić information content (AvgIpc) is 3.12. The van der Waals surface area contributed by atoms with Crippen molar-refractivity contribution >= 4 is 35.1 Å². The Morgan fingerprint density at radius 1 is 0.627 bits per heavy atom. The first kappa shape index (κ1) is 38.1. The van der Waals surface area contributed by atoms with E-state index in [0.717, 1.165) is 22.3 Å². The Bertz CT molecular complexity index is 1770. The number of nitrogens with two attached hydrogens (primary N) is 1. The monoisotopic (exact) mass is 687 g/mol.